The van der Waals surface area contributed by atoms with Crippen molar-refractivity contribution in [3.63, 3.8) is 0 Å². The summed E-state index contributed by atoms with van der Waals surface area (Å²) in [6.07, 6.45) is 7.44. The van der Waals surface area contributed by atoms with Crippen molar-refractivity contribution in [1.82, 2.24) is 25.5 Å². The molecule has 7 heteroatoms. The van der Waals surface area contributed by atoms with Crippen molar-refractivity contribution in [1.29, 1.82) is 0 Å². The number of imidazole rings is 1. The number of piperidine rings is 1. The number of rotatable bonds is 4. The van der Waals surface area contributed by atoms with Gasteiger partial charge in [-0.2, -0.15) is 0 Å². The molecule has 3 heterocycles. The molecule has 0 bridgehead atoms. The van der Waals surface area contributed by atoms with Gasteiger partial charge in [-0.15, -0.1) is 0 Å². The minimum atomic E-state index is -0.421. The lowest BCUT2D eigenvalue weighted by atomic mass is 9.87. The van der Waals surface area contributed by atoms with Crippen LogP contribution in [0.3, 0.4) is 0 Å². The van der Waals surface area contributed by atoms with Crippen LogP contribution in [0.25, 0.3) is 0 Å². The zero-order valence-electron chi connectivity index (χ0n) is 14.5. The maximum atomic E-state index is 12.1. The number of aryl methyl sites for hydroxylation is 2. The number of carbonyl (C=O) groups excluding carboxylic acids is 2. The molecule has 0 radical (unpaired) electrons. The molecule has 2 aliphatic heterocycles. The SMILES string of the molecule is CC1(C)NC(=O)CCC1NC(=O)NCCc1cn2c(n1)CCCC2. The van der Waals surface area contributed by atoms with Crippen LogP contribution in [-0.4, -0.2) is 39.6 Å². The van der Waals surface area contributed by atoms with E-state index < -0.39 is 5.54 Å². The van der Waals surface area contributed by atoms with Crippen molar-refractivity contribution in [2.75, 3.05) is 6.54 Å². The summed E-state index contributed by atoms with van der Waals surface area (Å²) in [5.41, 5.74) is 0.618. The van der Waals surface area contributed by atoms with Crippen molar-refractivity contribution in [3.8, 4) is 0 Å². The van der Waals surface area contributed by atoms with E-state index in [2.05, 4.69) is 31.7 Å². The number of carbonyl (C=O) groups is 2. The largest absolute Gasteiger partial charge is 0.349 e. The first-order chi connectivity index (χ1) is 11.4. The van der Waals surface area contributed by atoms with E-state index in [0.29, 0.717) is 19.4 Å². The molecule has 1 fully saturated rings. The van der Waals surface area contributed by atoms with Crippen molar-refractivity contribution >= 4 is 11.9 Å². The standard InChI is InChI=1S/C17H27N5O2/c1-17(2)13(6-7-15(23)21-17)20-16(24)18-9-8-12-11-22-10-4-3-5-14(22)19-12/h11,13H,3-10H2,1-2H3,(H,21,23)(H2,18,20,24). The third-order valence-corrected chi connectivity index (χ3v) is 4.92. The van der Waals surface area contributed by atoms with E-state index in [1.807, 2.05) is 13.8 Å². The van der Waals surface area contributed by atoms with Gasteiger partial charge in [-0.25, -0.2) is 9.78 Å². The maximum Gasteiger partial charge on any atom is 0.315 e. The number of urea groups is 1. The predicted octanol–water partition coefficient (Wildman–Crippen LogP) is 1.12. The van der Waals surface area contributed by atoms with Gasteiger partial charge in [-0.3, -0.25) is 4.79 Å². The van der Waals surface area contributed by atoms with Crippen LogP contribution >= 0.6 is 0 Å². The summed E-state index contributed by atoms with van der Waals surface area (Å²) in [5.74, 6) is 1.21. The Kier molecular flexibility index (Phi) is 4.78. The highest BCUT2D eigenvalue weighted by atomic mass is 16.2. The van der Waals surface area contributed by atoms with Crippen LogP contribution in [0.4, 0.5) is 4.79 Å². The van der Waals surface area contributed by atoms with Gasteiger partial charge in [0.2, 0.25) is 5.91 Å². The van der Waals surface area contributed by atoms with Crippen LogP contribution < -0.4 is 16.0 Å². The Hall–Kier alpha value is -2.05. The van der Waals surface area contributed by atoms with Gasteiger partial charge in [0.15, 0.2) is 0 Å². The van der Waals surface area contributed by atoms with Gasteiger partial charge in [0.25, 0.3) is 0 Å². The molecule has 3 N–H and O–H groups in total. The average molecular weight is 333 g/mol. The summed E-state index contributed by atoms with van der Waals surface area (Å²) in [5, 5.41) is 8.80. The Morgan fingerprint density at radius 3 is 3.00 bits per heavy atom. The monoisotopic (exact) mass is 333 g/mol. The molecule has 2 aliphatic rings. The molecule has 0 aromatic carbocycles. The number of aromatic nitrogens is 2. The summed E-state index contributed by atoms with van der Waals surface area (Å²) in [4.78, 5) is 28.2. The van der Waals surface area contributed by atoms with Gasteiger partial charge in [0.1, 0.15) is 5.82 Å². The van der Waals surface area contributed by atoms with E-state index >= 15 is 0 Å². The molecule has 0 aliphatic carbocycles. The van der Waals surface area contributed by atoms with Crippen LogP contribution in [0.15, 0.2) is 6.20 Å². The van der Waals surface area contributed by atoms with Gasteiger partial charge in [0, 0.05) is 38.5 Å². The van der Waals surface area contributed by atoms with E-state index in [4.69, 9.17) is 0 Å². The molecule has 1 aromatic rings. The van der Waals surface area contributed by atoms with Crippen LogP contribution in [0.1, 0.15) is 51.0 Å². The van der Waals surface area contributed by atoms with Crippen molar-refractivity contribution < 1.29 is 9.59 Å². The molecule has 1 saturated heterocycles. The third-order valence-electron chi connectivity index (χ3n) is 4.92. The first-order valence-corrected chi connectivity index (χ1v) is 8.84. The highest BCUT2D eigenvalue weighted by Gasteiger charge is 2.36. The molecule has 0 saturated carbocycles. The quantitative estimate of drug-likeness (QED) is 0.771. The maximum absolute atomic E-state index is 12.1. The van der Waals surface area contributed by atoms with Crippen molar-refractivity contribution in [3.05, 3.63) is 17.7 Å². The predicted molar refractivity (Wildman–Crippen MR) is 90.6 cm³/mol. The first-order valence-electron chi connectivity index (χ1n) is 8.84. The summed E-state index contributed by atoms with van der Waals surface area (Å²) in [7, 11) is 0. The van der Waals surface area contributed by atoms with Crippen LogP contribution in [0.2, 0.25) is 0 Å². The molecule has 1 unspecified atom stereocenters. The van der Waals surface area contributed by atoms with Gasteiger partial charge >= 0.3 is 6.03 Å². The highest BCUT2D eigenvalue weighted by molar-refractivity contribution is 5.79. The van der Waals surface area contributed by atoms with Crippen molar-refractivity contribution in [2.24, 2.45) is 0 Å². The third kappa shape index (κ3) is 3.88. The summed E-state index contributed by atoms with van der Waals surface area (Å²) in [6, 6.07) is -0.247. The number of hydrogen-bond donors (Lipinski definition) is 3. The van der Waals surface area contributed by atoms with Gasteiger partial charge < -0.3 is 20.5 Å². The molecule has 3 rings (SSSR count). The smallest absolute Gasteiger partial charge is 0.315 e. The van der Waals surface area contributed by atoms with E-state index in [-0.39, 0.29) is 18.0 Å². The Balaban J connectivity index is 1.44. The lowest BCUT2D eigenvalue weighted by Crippen LogP contribution is -2.63. The average Bonchev–Trinajstić information content (AvgIpc) is 2.92. The number of nitrogens with zero attached hydrogens (tertiary/aromatic N) is 2. The van der Waals surface area contributed by atoms with Crippen molar-refractivity contribution in [2.45, 2.75) is 70.5 Å². The van der Waals surface area contributed by atoms with E-state index in [1.54, 1.807) is 0 Å². The number of fused-ring (bicyclic) bond motifs is 1. The molecular weight excluding hydrogens is 306 g/mol. The van der Waals surface area contributed by atoms with Crippen LogP contribution in [-0.2, 0) is 24.2 Å². The van der Waals surface area contributed by atoms with Gasteiger partial charge in [0.05, 0.1) is 17.3 Å². The minimum absolute atomic E-state index is 0.0437. The molecule has 7 nitrogen and oxygen atoms in total. The van der Waals surface area contributed by atoms with E-state index in [1.165, 1.54) is 18.7 Å². The van der Waals surface area contributed by atoms with Crippen LogP contribution in [0.5, 0.6) is 0 Å². The Labute approximate surface area is 142 Å². The molecule has 3 amide bonds. The Morgan fingerprint density at radius 2 is 2.25 bits per heavy atom. The van der Waals surface area contributed by atoms with E-state index in [9.17, 15) is 9.59 Å². The van der Waals surface area contributed by atoms with Gasteiger partial charge in [-0.1, -0.05) is 0 Å². The first kappa shape index (κ1) is 16.8. The Morgan fingerprint density at radius 1 is 1.42 bits per heavy atom. The fraction of sp³-hybridized carbons (Fsp3) is 0.706. The molecular formula is C17H27N5O2. The normalized spacial score (nSPS) is 22.4. The second kappa shape index (κ2) is 6.83. The minimum Gasteiger partial charge on any atom is -0.349 e. The lowest BCUT2D eigenvalue weighted by Gasteiger charge is -2.39. The summed E-state index contributed by atoms with van der Waals surface area (Å²) >= 11 is 0. The molecule has 0 spiro atoms. The number of amides is 3. The van der Waals surface area contributed by atoms with Gasteiger partial charge in [-0.05, 0) is 33.1 Å². The molecule has 132 valence electrons. The fourth-order valence-corrected chi connectivity index (χ4v) is 3.50. The second-order valence-corrected chi connectivity index (χ2v) is 7.31. The summed E-state index contributed by atoms with van der Waals surface area (Å²) < 4.78 is 2.23. The lowest BCUT2D eigenvalue weighted by molar-refractivity contribution is -0.125. The second-order valence-electron chi connectivity index (χ2n) is 7.31. The number of hydrogen-bond acceptors (Lipinski definition) is 3. The van der Waals surface area contributed by atoms with E-state index in [0.717, 1.165) is 25.1 Å². The number of nitrogens with one attached hydrogen (secondary N) is 3. The molecule has 24 heavy (non-hydrogen) atoms. The van der Waals surface area contributed by atoms with Crippen LogP contribution in [0, 0.1) is 0 Å². The summed E-state index contributed by atoms with van der Waals surface area (Å²) in [6.45, 7) is 5.48. The zero-order valence-corrected chi connectivity index (χ0v) is 14.5. The fourth-order valence-electron chi connectivity index (χ4n) is 3.50. The zero-order chi connectivity index (χ0) is 17.2. The topological polar surface area (TPSA) is 88.0 Å². The molecule has 1 aromatic heterocycles. The molecule has 1 atom stereocenters. The highest BCUT2D eigenvalue weighted by Crippen LogP contribution is 2.19. The Bertz CT molecular complexity index is 599.